The van der Waals surface area contributed by atoms with Crippen molar-refractivity contribution in [3.8, 4) is 0 Å². The van der Waals surface area contributed by atoms with Crippen molar-refractivity contribution in [2.45, 2.75) is 25.5 Å². The van der Waals surface area contributed by atoms with E-state index < -0.39 is 0 Å². The van der Waals surface area contributed by atoms with Crippen molar-refractivity contribution in [2.24, 2.45) is 0 Å². The van der Waals surface area contributed by atoms with Crippen molar-refractivity contribution < 1.29 is 9.47 Å². The van der Waals surface area contributed by atoms with Crippen LogP contribution in [0.15, 0.2) is 18.8 Å². The number of ether oxygens (including phenoxy) is 2. The zero-order valence-corrected chi connectivity index (χ0v) is 12.9. The van der Waals surface area contributed by atoms with Gasteiger partial charge in [0.15, 0.2) is 11.6 Å². The average Bonchev–Trinajstić information content (AvgIpc) is 3.18. The summed E-state index contributed by atoms with van der Waals surface area (Å²) in [5.41, 5.74) is 1.93. The van der Waals surface area contributed by atoms with Gasteiger partial charge in [-0.15, -0.1) is 0 Å². The Labute approximate surface area is 130 Å². The van der Waals surface area contributed by atoms with Gasteiger partial charge in [-0.2, -0.15) is 0 Å². The molecule has 0 spiro atoms. The van der Waals surface area contributed by atoms with Crippen molar-refractivity contribution in [1.29, 1.82) is 0 Å². The Morgan fingerprint density at radius 1 is 1.55 bits per heavy atom. The van der Waals surface area contributed by atoms with Crippen LogP contribution in [0.3, 0.4) is 0 Å². The van der Waals surface area contributed by atoms with E-state index in [4.69, 9.17) is 9.47 Å². The van der Waals surface area contributed by atoms with Gasteiger partial charge in [0, 0.05) is 33.0 Å². The summed E-state index contributed by atoms with van der Waals surface area (Å²) in [5.74, 6) is 1.45. The number of fused-ring (bicyclic) bond motifs is 1. The number of hydrogen-bond acceptors (Lipinski definition) is 5. The third-order valence-electron chi connectivity index (χ3n) is 3.83. The fourth-order valence-electron chi connectivity index (χ4n) is 2.77. The van der Waals surface area contributed by atoms with E-state index in [2.05, 4.69) is 32.6 Å². The lowest BCUT2D eigenvalue weighted by molar-refractivity contribution is 0.0980. The smallest absolute Gasteiger partial charge is 0.154 e. The first kappa shape index (κ1) is 15.0. The first-order chi connectivity index (χ1) is 10.8. The lowest BCUT2D eigenvalue weighted by Crippen LogP contribution is -2.16. The molecule has 1 N–H and O–H groups in total. The largest absolute Gasteiger partial charge is 0.383 e. The van der Waals surface area contributed by atoms with E-state index in [-0.39, 0.29) is 6.10 Å². The number of nitrogens with one attached hydrogen (secondary N) is 1. The number of rotatable bonds is 7. The van der Waals surface area contributed by atoms with Crippen molar-refractivity contribution in [3.63, 3.8) is 0 Å². The minimum atomic E-state index is 0.279. The zero-order valence-electron chi connectivity index (χ0n) is 12.9. The minimum absolute atomic E-state index is 0.279. The van der Waals surface area contributed by atoms with Crippen molar-refractivity contribution in [3.05, 3.63) is 24.7 Å². The summed E-state index contributed by atoms with van der Waals surface area (Å²) >= 11 is 0. The van der Waals surface area contributed by atoms with E-state index in [0.717, 1.165) is 42.8 Å². The molecule has 0 aromatic carbocycles. The van der Waals surface area contributed by atoms with Crippen molar-refractivity contribution >= 4 is 22.9 Å². The molecule has 1 saturated heterocycles. The van der Waals surface area contributed by atoms with Crippen LogP contribution in [0.2, 0.25) is 0 Å². The molecule has 118 valence electrons. The molecule has 1 aliphatic rings. The van der Waals surface area contributed by atoms with Crippen LogP contribution in [-0.2, 0) is 16.0 Å². The summed E-state index contributed by atoms with van der Waals surface area (Å²) in [6.07, 6.45) is 6.24. The molecule has 0 radical (unpaired) electrons. The molecule has 0 aliphatic carbocycles. The zero-order chi connectivity index (χ0) is 15.4. The monoisotopic (exact) mass is 302 g/mol. The van der Waals surface area contributed by atoms with Gasteiger partial charge < -0.3 is 19.4 Å². The second-order valence-electron chi connectivity index (χ2n) is 5.39. The Morgan fingerprint density at radius 3 is 3.18 bits per heavy atom. The first-order valence-corrected chi connectivity index (χ1v) is 7.65. The van der Waals surface area contributed by atoms with Crippen LogP contribution in [0.25, 0.3) is 17.1 Å². The first-order valence-electron chi connectivity index (χ1n) is 7.65. The number of hydrogen-bond donors (Lipinski definition) is 1. The molecule has 0 amide bonds. The topological polar surface area (TPSA) is 61.2 Å². The molecule has 0 unspecified atom stereocenters. The van der Waals surface area contributed by atoms with E-state index in [9.17, 15) is 0 Å². The van der Waals surface area contributed by atoms with Gasteiger partial charge in [-0.3, -0.25) is 0 Å². The van der Waals surface area contributed by atoms with Gasteiger partial charge in [-0.05, 0) is 25.0 Å². The van der Waals surface area contributed by atoms with Crippen molar-refractivity contribution in [2.75, 3.05) is 32.2 Å². The SMILES string of the molecule is C=Cc1nc(NCCOC)c2c(ccn2C[C@H]2CCCO2)n1. The van der Waals surface area contributed by atoms with Gasteiger partial charge >= 0.3 is 0 Å². The van der Waals surface area contributed by atoms with Crippen LogP contribution in [0.4, 0.5) is 5.82 Å². The second-order valence-corrected chi connectivity index (χ2v) is 5.39. The standard InChI is InChI=1S/C16H22N4O2/c1-3-14-18-13-6-8-20(11-12-5-4-9-22-12)15(13)16(19-14)17-7-10-21-2/h3,6,8,12H,1,4-5,7,9-11H2,2H3,(H,17,18,19)/t12-/m1/s1. The summed E-state index contributed by atoms with van der Waals surface area (Å²) in [7, 11) is 1.69. The third kappa shape index (κ3) is 3.13. The summed E-state index contributed by atoms with van der Waals surface area (Å²) in [6, 6.07) is 2.01. The molecule has 3 rings (SSSR count). The van der Waals surface area contributed by atoms with E-state index in [1.54, 1.807) is 13.2 Å². The minimum Gasteiger partial charge on any atom is -0.383 e. The van der Waals surface area contributed by atoms with Gasteiger partial charge in [-0.25, -0.2) is 9.97 Å². The summed E-state index contributed by atoms with van der Waals surface area (Å²) in [5, 5.41) is 3.33. The number of methoxy groups -OCH3 is 1. The van der Waals surface area contributed by atoms with Crippen molar-refractivity contribution in [1.82, 2.24) is 14.5 Å². The quantitative estimate of drug-likeness (QED) is 0.795. The number of aromatic nitrogens is 3. The summed E-state index contributed by atoms with van der Waals surface area (Å²) < 4.78 is 13.0. The normalized spacial score (nSPS) is 18.0. The predicted molar refractivity (Wildman–Crippen MR) is 87.0 cm³/mol. The Hall–Kier alpha value is -1.92. The van der Waals surface area contributed by atoms with E-state index in [0.29, 0.717) is 19.0 Å². The molecule has 6 nitrogen and oxygen atoms in total. The van der Waals surface area contributed by atoms with Gasteiger partial charge in [0.1, 0.15) is 5.52 Å². The fraction of sp³-hybridized carbons (Fsp3) is 0.500. The molecule has 1 aliphatic heterocycles. The van der Waals surface area contributed by atoms with Crippen LogP contribution in [-0.4, -0.2) is 47.5 Å². The van der Waals surface area contributed by atoms with Gasteiger partial charge in [0.25, 0.3) is 0 Å². The van der Waals surface area contributed by atoms with Crippen LogP contribution in [0.5, 0.6) is 0 Å². The number of anilines is 1. The average molecular weight is 302 g/mol. The lowest BCUT2D eigenvalue weighted by Gasteiger charge is -2.14. The molecule has 2 aromatic heterocycles. The Kier molecular flexibility index (Phi) is 4.70. The maximum atomic E-state index is 5.74. The molecular formula is C16H22N4O2. The molecule has 0 saturated carbocycles. The van der Waals surface area contributed by atoms with Crippen LogP contribution in [0, 0.1) is 0 Å². The molecule has 1 fully saturated rings. The highest BCUT2D eigenvalue weighted by Crippen LogP contribution is 2.24. The Morgan fingerprint density at radius 2 is 2.45 bits per heavy atom. The third-order valence-corrected chi connectivity index (χ3v) is 3.83. The fourth-order valence-corrected chi connectivity index (χ4v) is 2.77. The highest BCUT2D eigenvalue weighted by Gasteiger charge is 2.18. The number of nitrogens with zero attached hydrogens (tertiary/aromatic N) is 3. The van der Waals surface area contributed by atoms with E-state index >= 15 is 0 Å². The maximum absolute atomic E-state index is 5.74. The Bertz CT molecular complexity index is 647. The van der Waals surface area contributed by atoms with E-state index in [1.165, 1.54) is 0 Å². The van der Waals surface area contributed by atoms with Gasteiger partial charge in [-0.1, -0.05) is 6.58 Å². The molecule has 2 aromatic rings. The molecule has 6 heteroatoms. The lowest BCUT2D eigenvalue weighted by atomic mass is 10.2. The molecule has 0 bridgehead atoms. The van der Waals surface area contributed by atoms with Gasteiger partial charge in [0.05, 0.1) is 18.2 Å². The Balaban J connectivity index is 1.92. The molecule has 1 atom stereocenters. The molecule has 3 heterocycles. The van der Waals surface area contributed by atoms with Crippen LogP contribution >= 0.6 is 0 Å². The van der Waals surface area contributed by atoms with Gasteiger partial charge in [0.2, 0.25) is 0 Å². The highest BCUT2D eigenvalue weighted by atomic mass is 16.5. The van der Waals surface area contributed by atoms with Crippen LogP contribution < -0.4 is 5.32 Å². The predicted octanol–water partition coefficient (Wildman–Crippen LogP) is 2.31. The van der Waals surface area contributed by atoms with Crippen LogP contribution in [0.1, 0.15) is 18.7 Å². The van der Waals surface area contributed by atoms with E-state index in [1.807, 2.05) is 6.07 Å². The maximum Gasteiger partial charge on any atom is 0.154 e. The summed E-state index contributed by atoms with van der Waals surface area (Å²) in [4.78, 5) is 9.06. The summed E-state index contributed by atoms with van der Waals surface area (Å²) in [6.45, 7) is 6.78. The second kappa shape index (κ2) is 6.89. The molecular weight excluding hydrogens is 280 g/mol. The highest BCUT2D eigenvalue weighted by molar-refractivity contribution is 5.87. The molecule has 22 heavy (non-hydrogen) atoms.